The molecule has 3 aromatic rings. The summed E-state index contributed by atoms with van der Waals surface area (Å²) in [5.41, 5.74) is 0.419. The summed E-state index contributed by atoms with van der Waals surface area (Å²) in [4.78, 5) is 17.1. The maximum absolute atomic E-state index is 12.8. The number of para-hydroxylation sites is 1. The van der Waals surface area contributed by atoms with Crippen molar-refractivity contribution in [3.8, 4) is 11.8 Å². The fraction of sp³-hybridized carbons (Fsp3) is 0.353. The van der Waals surface area contributed by atoms with Crippen LogP contribution in [0.5, 0.6) is 0 Å². The smallest absolute Gasteiger partial charge is 0.283 e. The number of benzene rings is 1. The summed E-state index contributed by atoms with van der Waals surface area (Å²) < 4.78 is 8.87. The first-order valence-electron chi connectivity index (χ1n) is 8.05. The summed E-state index contributed by atoms with van der Waals surface area (Å²) in [6.07, 6.45) is 2.84. The van der Waals surface area contributed by atoms with Crippen LogP contribution >= 0.6 is 0 Å². The molecule has 2 saturated heterocycles. The number of nitrogens with zero attached hydrogens (tertiary/aromatic N) is 6. The third-order valence-corrected chi connectivity index (χ3v) is 5.10. The van der Waals surface area contributed by atoms with Gasteiger partial charge >= 0.3 is 0 Å². The molecule has 6 rings (SSSR count). The largest absolute Gasteiger partial charge is 0.371 e. The van der Waals surface area contributed by atoms with Crippen molar-refractivity contribution in [3.63, 3.8) is 0 Å². The summed E-state index contributed by atoms with van der Waals surface area (Å²) in [5, 5.41) is 17.3. The monoisotopic (exact) mass is 334 g/mol. The number of hydrogen-bond donors (Lipinski definition) is 0. The molecule has 0 amide bonds. The predicted molar refractivity (Wildman–Crippen MR) is 86.9 cm³/mol. The normalized spacial score (nSPS) is 27.2. The van der Waals surface area contributed by atoms with Crippen molar-refractivity contribution in [2.75, 3.05) is 6.61 Å². The van der Waals surface area contributed by atoms with Crippen LogP contribution in [0.15, 0.2) is 41.5 Å². The lowest BCUT2D eigenvalue weighted by atomic mass is 9.63. The third kappa shape index (κ3) is 1.96. The van der Waals surface area contributed by atoms with Crippen molar-refractivity contribution < 1.29 is 4.74 Å². The summed E-state index contributed by atoms with van der Waals surface area (Å²) in [6, 6.07) is 11.8. The van der Waals surface area contributed by atoms with Gasteiger partial charge in [-0.3, -0.25) is 9.36 Å². The Morgan fingerprint density at radius 3 is 2.80 bits per heavy atom. The minimum absolute atomic E-state index is 0.228. The lowest BCUT2D eigenvalue weighted by Gasteiger charge is -2.40. The topological polar surface area (TPSA) is 98.6 Å². The van der Waals surface area contributed by atoms with Gasteiger partial charge in [0.2, 0.25) is 0 Å². The molecule has 2 bridgehead atoms. The Kier molecular flexibility index (Phi) is 2.71. The lowest BCUT2D eigenvalue weighted by Crippen LogP contribution is -2.48. The first kappa shape index (κ1) is 14.3. The van der Waals surface area contributed by atoms with Crippen LogP contribution in [0.2, 0.25) is 0 Å². The SMILES string of the molecule is N#CC12COC(Cn3cnc4c(nnn4-c4ccccc4)c3=O)(C1)C2. The van der Waals surface area contributed by atoms with Gasteiger partial charge < -0.3 is 4.74 Å². The van der Waals surface area contributed by atoms with Gasteiger partial charge in [0.25, 0.3) is 5.56 Å². The average molecular weight is 334 g/mol. The van der Waals surface area contributed by atoms with E-state index in [1.165, 1.54) is 10.9 Å². The van der Waals surface area contributed by atoms with Crippen molar-refractivity contribution >= 4 is 11.2 Å². The molecule has 8 heteroatoms. The number of rotatable bonds is 3. The van der Waals surface area contributed by atoms with E-state index in [0.717, 1.165) is 5.69 Å². The van der Waals surface area contributed by atoms with Crippen molar-refractivity contribution in [3.05, 3.63) is 47.0 Å². The minimum Gasteiger partial charge on any atom is -0.371 e. The molecule has 0 unspecified atom stereocenters. The van der Waals surface area contributed by atoms with Crippen LogP contribution in [0, 0.1) is 16.7 Å². The number of ether oxygens (including phenoxy) is 1. The van der Waals surface area contributed by atoms with E-state index in [0.29, 0.717) is 31.6 Å². The highest BCUT2D eigenvalue weighted by molar-refractivity contribution is 5.70. The van der Waals surface area contributed by atoms with Crippen molar-refractivity contribution in [2.45, 2.75) is 25.0 Å². The highest BCUT2D eigenvalue weighted by Gasteiger charge is 2.63. The maximum atomic E-state index is 12.8. The quantitative estimate of drug-likeness (QED) is 0.710. The molecule has 1 aromatic carbocycles. The summed E-state index contributed by atoms with van der Waals surface area (Å²) in [5.74, 6) is 0. The van der Waals surface area contributed by atoms with Gasteiger partial charge in [-0.1, -0.05) is 23.4 Å². The molecule has 1 saturated carbocycles. The first-order chi connectivity index (χ1) is 12.1. The Balaban J connectivity index is 1.52. The zero-order valence-electron chi connectivity index (χ0n) is 13.3. The molecule has 2 aromatic heterocycles. The molecule has 3 fully saturated rings. The van der Waals surface area contributed by atoms with Gasteiger partial charge in [0.15, 0.2) is 11.2 Å². The zero-order chi connectivity index (χ0) is 17.1. The van der Waals surface area contributed by atoms with Crippen LogP contribution in [-0.2, 0) is 11.3 Å². The van der Waals surface area contributed by atoms with E-state index in [1.807, 2.05) is 30.3 Å². The van der Waals surface area contributed by atoms with Crippen LogP contribution in [0.1, 0.15) is 12.8 Å². The second kappa shape index (κ2) is 4.74. The second-order valence-corrected chi connectivity index (χ2v) is 6.90. The Morgan fingerprint density at radius 1 is 1.28 bits per heavy atom. The molecule has 0 N–H and O–H groups in total. The van der Waals surface area contributed by atoms with E-state index in [4.69, 9.17) is 4.74 Å². The van der Waals surface area contributed by atoms with E-state index in [2.05, 4.69) is 21.4 Å². The zero-order valence-corrected chi connectivity index (χ0v) is 13.3. The number of hydrogen-bond acceptors (Lipinski definition) is 6. The van der Waals surface area contributed by atoms with E-state index >= 15 is 0 Å². The number of nitriles is 1. The second-order valence-electron chi connectivity index (χ2n) is 6.90. The van der Waals surface area contributed by atoms with Crippen LogP contribution in [0.25, 0.3) is 16.9 Å². The van der Waals surface area contributed by atoms with Crippen molar-refractivity contribution in [1.29, 1.82) is 5.26 Å². The molecule has 25 heavy (non-hydrogen) atoms. The van der Waals surface area contributed by atoms with E-state index in [1.54, 1.807) is 4.68 Å². The van der Waals surface area contributed by atoms with Gasteiger partial charge in [-0.2, -0.15) is 9.94 Å². The molecule has 0 atom stereocenters. The Labute approximate surface area is 142 Å². The molecule has 0 radical (unpaired) electrons. The highest BCUT2D eigenvalue weighted by atomic mass is 16.5. The average Bonchev–Trinajstić information content (AvgIpc) is 3.29. The Bertz CT molecular complexity index is 1070. The van der Waals surface area contributed by atoms with Crippen LogP contribution in [-0.4, -0.2) is 36.8 Å². The maximum Gasteiger partial charge on any atom is 0.283 e. The first-order valence-corrected chi connectivity index (χ1v) is 8.05. The number of aromatic nitrogens is 5. The molecule has 3 aliphatic rings. The summed E-state index contributed by atoms with van der Waals surface area (Å²) >= 11 is 0. The Morgan fingerprint density at radius 2 is 2.08 bits per heavy atom. The van der Waals surface area contributed by atoms with Gasteiger partial charge in [0.05, 0.1) is 35.9 Å². The third-order valence-electron chi connectivity index (χ3n) is 5.10. The lowest BCUT2D eigenvalue weighted by molar-refractivity contribution is -0.0219. The van der Waals surface area contributed by atoms with Gasteiger partial charge in [-0.05, 0) is 25.0 Å². The van der Waals surface area contributed by atoms with Crippen LogP contribution in [0.4, 0.5) is 0 Å². The molecule has 2 aliphatic heterocycles. The summed E-state index contributed by atoms with van der Waals surface area (Å²) in [6.45, 7) is 0.828. The molecular formula is C17H14N6O2. The van der Waals surface area contributed by atoms with Crippen molar-refractivity contribution in [2.24, 2.45) is 5.41 Å². The van der Waals surface area contributed by atoms with Gasteiger partial charge in [-0.15, -0.1) is 5.10 Å². The number of fused-ring (bicyclic) bond motifs is 2. The Hall–Kier alpha value is -3.05. The van der Waals surface area contributed by atoms with Crippen LogP contribution in [0.3, 0.4) is 0 Å². The van der Waals surface area contributed by atoms with Gasteiger partial charge in [-0.25, -0.2) is 4.98 Å². The fourth-order valence-electron chi connectivity index (χ4n) is 3.96. The molecule has 4 heterocycles. The van der Waals surface area contributed by atoms with Gasteiger partial charge in [0.1, 0.15) is 6.33 Å². The van der Waals surface area contributed by atoms with E-state index < -0.39 is 5.60 Å². The minimum atomic E-state index is -0.426. The van der Waals surface area contributed by atoms with Crippen LogP contribution < -0.4 is 5.56 Å². The van der Waals surface area contributed by atoms with Crippen molar-refractivity contribution in [1.82, 2.24) is 24.5 Å². The molecule has 8 nitrogen and oxygen atoms in total. The molecule has 0 spiro atoms. The van der Waals surface area contributed by atoms with E-state index in [-0.39, 0.29) is 16.5 Å². The predicted octanol–water partition coefficient (Wildman–Crippen LogP) is 1.05. The molecule has 1 aliphatic carbocycles. The fourth-order valence-corrected chi connectivity index (χ4v) is 3.96. The standard InChI is InChI=1S/C17H14N6O2/c18-8-16-6-17(7-16,25-10-16)9-22-11-19-14-13(15(22)24)20-21-23(14)12-4-2-1-3-5-12/h1-5,11H,6-7,9-10H2. The highest BCUT2D eigenvalue weighted by Crippen LogP contribution is 2.57. The molecular weight excluding hydrogens is 320 g/mol. The molecule has 124 valence electrons. The van der Waals surface area contributed by atoms with Gasteiger partial charge in [0, 0.05) is 0 Å². The van der Waals surface area contributed by atoms with E-state index in [9.17, 15) is 10.1 Å². The summed E-state index contributed by atoms with van der Waals surface area (Å²) in [7, 11) is 0.